The zero-order valence-electron chi connectivity index (χ0n) is 21.5. The minimum atomic E-state index is -3.68. The van der Waals surface area contributed by atoms with Gasteiger partial charge in [-0.05, 0) is 82.2 Å². The number of benzene rings is 2. The van der Waals surface area contributed by atoms with Crippen LogP contribution in [0.25, 0.3) is 10.2 Å². The SMILES string of the molecule is Cc1cc(C)c2sc(N(CCN(C)C)C(=O)c3ccc(S(=O)(=O)N(C)CC4CCCO4)cc3)nc2c1. The van der Waals surface area contributed by atoms with Gasteiger partial charge in [-0.25, -0.2) is 13.4 Å². The monoisotopic (exact) mass is 530 g/mol. The molecule has 194 valence electrons. The van der Waals surface area contributed by atoms with E-state index >= 15 is 0 Å². The fourth-order valence-corrected chi connectivity index (χ4v) is 6.59. The van der Waals surface area contributed by atoms with Gasteiger partial charge in [0.05, 0.1) is 21.2 Å². The molecule has 1 aromatic heterocycles. The van der Waals surface area contributed by atoms with Gasteiger partial charge in [0, 0.05) is 38.9 Å². The minimum absolute atomic E-state index is 0.0721. The zero-order chi connectivity index (χ0) is 26.0. The van der Waals surface area contributed by atoms with Gasteiger partial charge < -0.3 is 9.64 Å². The first-order chi connectivity index (χ1) is 17.1. The molecule has 1 aliphatic heterocycles. The van der Waals surface area contributed by atoms with Crippen LogP contribution < -0.4 is 4.90 Å². The second-order valence-corrected chi connectivity index (χ2v) is 12.7. The number of carbonyl (C=O) groups is 1. The van der Waals surface area contributed by atoms with E-state index in [1.807, 2.05) is 32.0 Å². The van der Waals surface area contributed by atoms with E-state index in [1.54, 1.807) is 24.1 Å². The summed E-state index contributed by atoms with van der Waals surface area (Å²) in [5.74, 6) is -0.207. The van der Waals surface area contributed by atoms with Crippen LogP contribution >= 0.6 is 11.3 Å². The number of hydrogen-bond acceptors (Lipinski definition) is 7. The van der Waals surface area contributed by atoms with Crippen molar-refractivity contribution in [2.75, 3.05) is 52.3 Å². The van der Waals surface area contributed by atoms with Crippen LogP contribution in [0, 0.1) is 13.8 Å². The summed E-state index contributed by atoms with van der Waals surface area (Å²) in [6.07, 6.45) is 1.74. The molecule has 10 heteroatoms. The lowest BCUT2D eigenvalue weighted by molar-refractivity contribution is 0.0978. The van der Waals surface area contributed by atoms with Gasteiger partial charge in [-0.2, -0.15) is 4.31 Å². The van der Waals surface area contributed by atoms with E-state index in [9.17, 15) is 13.2 Å². The fourth-order valence-electron chi connectivity index (χ4n) is 4.34. The zero-order valence-corrected chi connectivity index (χ0v) is 23.2. The highest BCUT2D eigenvalue weighted by Gasteiger charge is 2.27. The number of aryl methyl sites for hydroxylation is 2. The maximum Gasteiger partial charge on any atom is 0.260 e. The smallest absolute Gasteiger partial charge is 0.260 e. The lowest BCUT2D eigenvalue weighted by Gasteiger charge is -2.22. The predicted octanol–water partition coefficient (Wildman–Crippen LogP) is 3.92. The molecule has 0 spiro atoms. The van der Waals surface area contributed by atoms with E-state index in [0.717, 1.165) is 34.2 Å². The number of nitrogens with zero attached hydrogens (tertiary/aromatic N) is 4. The van der Waals surface area contributed by atoms with E-state index in [1.165, 1.54) is 27.8 Å². The summed E-state index contributed by atoms with van der Waals surface area (Å²) in [5.41, 5.74) is 3.56. The van der Waals surface area contributed by atoms with Crippen molar-refractivity contribution in [2.45, 2.75) is 37.7 Å². The van der Waals surface area contributed by atoms with Gasteiger partial charge in [0.2, 0.25) is 10.0 Å². The van der Waals surface area contributed by atoms with Gasteiger partial charge >= 0.3 is 0 Å². The van der Waals surface area contributed by atoms with Crippen LogP contribution in [-0.2, 0) is 14.8 Å². The van der Waals surface area contributed by atoms with Gasteiger partial charge in [-0.1, -0.05) is 17.4 Å². The van der Waals surface area contributed by atoms with Crippen LogP contribution in [0.2, 0.25) is 0 Å². The van der Waals surface area contributed by atoms with Crippen LogP contribution in [0.3, 0.4) is 0 Å². The Labute approximate surface area is 217 Å². The molecule has 1 amide bonds. The quantitative estimate of drug-likeness (QED) is 0.417. The molecule has 0 bridgehead atoms. The highest BCUT2D eigenvalue weighted by atomic mass is 32.2. The number of fused-ring (bicyclic) bond motifs is 1. The lowest BCUT2D eigenvalue weighted by Crippen LogP contribution is -2.37. The number of amides is 1. The Kier molecular flexibility index (Phi) is 8.11. The van der Waals surface area contributed by atoms with Crippen molar-refractivity contribution in [2.24, 2.45) is 0 Å². The average molecular weight is 531 g/mol. The van der Waals surface area contributed by atoms with Crippen molar-refractivity contribution in [3.63, 3.8) is 0 Å². The molecule has 0 saturated carbocycles. The van der Waals surface area contributed by atoms with Gasteiger partial charge in [0.15, 0.2) is 5.13 Å². The Morgan fingerprint density at radius 2 is 1.83 bits per heavy atom. The Morgan fingerprint density at radius 3 is 2.47 bits per heavy atom. The van der Waals surface area contributed by atoms with Crippen molar-refractivity contribution in [1.29, 1.82) is 0 Å². The number of carbonyl (C=O) groups excluding carboxylic acids is 1. The molecule has 1 atom stereocenters. The first kappa shape index (κ1) is 26.7. The number of thiazole rings is 1. The van der Waals surface area contributed by atoms with Crippen molar-refractivity contribution in [3.05, 3.63) is 53.1 Å². The number of rotatable bonds is 9. The van der Waals surface area contributed by atoms with Gasteiger partial charge in [0.1, 0.15) is 0 Å². The maximum atomic E-state index is 13.6. The standard InChI is InChI=1S/C26H34N4O4S2/c1-18-15-19(2)24-23(16-18)27-26(35-24)30(13-12-28(3)4)25(31)20-8-10-22(11-9-20)36(32,33)29(5)17-21-7-6-14-34-21/h8-11,15-16,21H,6-7,12-14,17H2,1-5H3. The van der Waals surface area contributed by atoms with Crippen LogP contribution in [0.5, 0.6) is 0 Å². The number of aromatic nitrogens is 1. The van der Waals surface area contributed by atoms with Crippen LogP contribution in [0.1, 0.15) is 34.3 Å². The molecule has 0 radical (unpaired) electrons. The van der Waals surface area contributed by atoms with Crippen molar-refractivity contribution in [3.8, 4) is 0 Å². The summed E-state index contributed by atoms with van der Waals surface area (Å²) < 4.78 is 34.1. The summed E-state index contributed by atoms with van der Waals surface area (Å²) in [6.45, 7) is 6.21. The molecule has 2 heterocycles. The third-order valence-corrected chi connectivity index (χ3v) is 9.42. The molecule has 0 N–H and O–H groups in total. The average Bonchev–Trinajstić information content (AvgIpc) is 3.49. The predicted molar refractivity (Wildman–Crippen MR) is 145 cm³/mol. The first-order valence-electron chi connectivity index (χ1n) is 12.1. The van der Waals surface area contributed by atoms with Gasteiger partial charge in [-0.15, -0.1) is 0 Å². The van der Waals surface area contributed by atoms with Gasteiger partial charge in [0.25, 0.3) is 5.91 Å². The molecule has 0 aliphatic carbocycles. The molecular weight excluding hydrogens is 496 g/mol. The summed E-state index contributed by atoms with van der Waals surface area (Å²) in [5, 5.41) is 0.638. The van der Waals surface area contributed by atoms with E-state index in [0.29, 0.717) is 36.9 Å². The number of hydrogen-bond donors (Lipinski definition) is 0. The molecule has 1 fully saturated rings. The number of likely N-dealkylation sites (N-methyl/N-ethyl adjacent to an activating group) is 2. The second kappa shape index (κ2) is 10.9. The molecule has 4 rings (SSSR count). The normalized spacial score (nSPS) is 16.4. The highest BCUT2D eigenvalue weighted by molar-refractivity contribution is 7.89. The van der Waals surface area contributed by atoms with E-state index < -0.39 is 10.0 Å². The molecule has 36 heavy (non-hydrogen) atoms. The Morgan fingerprint density at radius 1 is 1.11 bits per heavy atom. The summed E-state index contributed by atoms with van der Waals surface area (Å²) in [6, 6.07) is 10.3. The molecular formula is C26H34N4O4S2. The van der Waals surface area contributed by atoms with Crippen molar-refractivity contribution < 1.29 is 17.9 Å². The van der Waals surface area contributed by atoms with Crippen LogP contribution in [-0.4, -0.2) is 82.0 Å². The Bertz CT molecular complexity index is 1330. The first-order valence-corrected chi connectivity index (χ1v) is 14.3. The molecule has 8 nitrogen and oxygen atoms in total. The van der Waals surface area contributed by atoms with Crippen LogP contribution in [0.15, 0.2) is 41.3 Å². The van der Waals surface area contributed by atoms with E-state index in [2.05, 4.69) is 13.0 Å². The summed E-state index contributed by atoms with van der Waals surface area (Å²) in [4.78, 5) is 22.2. The molecule has 1 aliphatic rings. The highest BCUT2D eigenvalue weighted by Crippen LogP contribution is 2.33. The summed E-state index contributed by atoms with van der Waals surface area (Å²) in [7, 11) is 1.81. The lowest BCUT2D eigenvalue weighted by atomic mass is 10.1. The molecule has 3 aromatic rings. The Balaban J connectivity index is 1.59. The number of sulfonamides is 1. The van der Waals surface area contributed by atoms with Crippen molar-refractivity contribution in [1.82, 2.24) is 14.2 Å². The maximum absolute atomic E-state index is 13.6. The third kappa shape index (κ3) is 5.78. The van der Waals surface area contributed by atoms with Crippen molar-refractivity contribution >= 4 is 42.6 Å². The van der Waals surface area contributed by atoms with Gasteiger partial charge in [-0.3, -0.25) is 9.69 Å². The van der Waals surface area contributed by atoms with E-state index in [4.69, 9.17) is 9.72 Å². The summed E-state index contributed by atoms with van der Waals surface area (Å²) >= 11 is 1.50. The topological polar surface area (TPSA) is 83.1 Å². The Hall–Kier alpha value is -2.37. The molecule has 1 unspecified atom stereocenters. The van der Waals surface area contributed by atoms with Crippen LogP contribution in [0.4, 0.5) is 5.13 Å². The molecule has 2 aromatic carbocycles. The van der Waals surface area contributed by atoms with E-state index in [-0.39, 0.29) is 16.9 Å². The number of anilines is 1. The second-order valence-electron chi connectivity index (χ2n) is 9.63. The number of ether oxygens (including phenoxy) is 1. The molecule has 1 saturated heterocycles. The minimum Gasteiger partial charge on any atom is -0.377 e. The third-order valence-electron chi connectivity index (χ3n) is 6.35. The largest absolute Gasteiger partial charge is 0.377 e. The fraction of sp³-hybridized carbons (Fsp3) is 0.462.